The van der Waals surface area contributed by atoms with E-state index in [2.05, 4.69) is 4.98 Å². The Balaban J connectivity index is 2.31. The number of rotatable bonds is 3. The van der Waals surface area contributed by atoms with E-state index in [4.69, 9.17) is 10.5 Å². The molecule has 2 N–H and O–H groups in total. The number of nitrogens with zero attached hydrogens (tertiary/aromatic N) is 1. The van der Waals surface area contributed by atoms with Gasteiger partial charge in [-0.3, -0.25) is 4.79 Å². The van der Waals surface area contributed by atoms with Gasteiger partial charge < -0.3 is 10.5 Å². The van der Waals surface area contributed by atoms with Crippen molar-refractivity contribution in [2.75, 3.05) is 6.61 Å². The summed E-state index contributed by atoms with van der Waals surface area (Å²) in [6.45, 7) is -0.249. The fourth-order valence-corrected chi connectivity index (χ4v) is 1.91. The number of carbonyl (C=O) groups is 1. The average Bonchev–Trinajstić information content (AvgIpc) is 2.59. The fraction of sp³-hybridized carbons (Fsp3) is 0.111. The second kappa shape index (κ2) is 3.82. The molecule has 0 saturated carbocycles. The molecule has 0 bridgehead atoms. The third kappa shape index (κ3) is 2.04. The molecule has 1 heterocycles. The zero-order chi connectivity index (χ0) is 10.8. The first-order chi connectivity index (χ1) is 7.16. The van der Waals surface area contributed by atoms with Crippen LogP contribution in [-0.2, 0) is 4.79 Å². The summed E-state index contributed by atoms with van der Waals surface area (Å²) >= 11 is 1.05. The van der Waals surface area contributed by atoms with Crippen LogP contribution in [0.15, 0.2) is 18.2 Å². The van der Waals surface area contributed by atoms with Gasteiger partial charge in [-0.2, -0.15) is 0 Å². The van der Waals surface area contributed by atoms with Crippen molar-refractivity contribution in [1.82, 2.24) is 4.98 Å². The van der Waals surface area contributed by atoms with Gasteiger partial charge in [-0.15, -0.1) is 0 Å². The lowest BCUT2D eigenvalue weighted by Crippen LogP contribution is -2.19. The predicted molar refractivity (Wildman–Crippen MR) is 54.3 cm³/mol. The van der Waals surface area contributed by atoms with Crippen molar-refractivity contribution >= 4 is 27.5 Å². The van der Waals surface area contributed by atoms with Gasteiger partial charge in [-0.1, -0.05) is 17.4 Å². The second-order valence-corrected chi connectivity index (χ2v) is 3.78. The van der Waals surface area contributed by atoms with Gasteiger partial charge >= 0.3 is 0 Å². The van der Waals surface area contributed by atoms with Gasteiger partial charge in [-0.25, -0.2) is 9.37 Å². The Morgan fingerprint density at radius 1 is 1.60 bits per heavy atom. The smallest absolute Gasteiger partial charge is 0.274 e. The predicted octanol–water partition coefficient (Wildman–Crippen LogP) is 1.30. The first kappa shape index (κ1) is 9.85. The lowest BCUT2D eigenvalue weighted by Gasteiger charge is -1.95. The molecule has 4 nitrogen and oxygen atoms in total. The number of benzene rings is 1. The molecule has 0 aliphatic carbocycles. The zero-order valence-corrected chi connectivity index (χ0v) is 8.38. The van der Waals surface area contributed by atoms with E-state index >= 15 is 0 Å². The Morgan fingerprint density at radius 3 is 3.07 bits per heavy atom. The van der Waals surface area contributed by atoms with E-state index in [1.54, 1.807) is 12.1 Å². The van der Waals surface area contributed by atoms with Gasteiger partial charge in [0.2, 0.25) is 0 Å². The molecule has 0 atom stereocenters. The molecular weight excluding hydrogens is 219 g/mol. The third-order valence-corrected chi connectivity index (χ3v) is 2.68. The molecule has 78 valence electrons. The normalized spacial score (nSPS) is 10.5. The van der Waals surface area contributed by atoms with E-state index in [1.165, 1.54) is 6.07 Å². The summed E-state index contributed by atoms with van der Waals surface area (Å²) in [6, 6.07) is 4.58. The Labute approximate surface area is 88.5 Å². The van der Waals surface area contributed by atoms with Crippen LogP contribution < -0.4 is 10.5 Å². The van der Waals surface area contributed by atoms with E-state index in [0.29, 0.717) is 10.2 Å². The Hall–Kier alpha value is -1.69. The van der Waals surface area contributed by atoms with Gasteiger partial charge in [0.05, 0.1) is 10.2 Å². The molecule has 0 radical (unpaired) electrons. The molecule has 0 unspecified atom stereocenters. The lowest BCUT2D eigenvalue weighted by molar-refractivity contribution is -0.119. The monoisotopic (exact) mass is 226 g/mol. The fourth-order valence-electron chi connectivity index (χ4n) is 1.09. The topological polar surface area (TPSA) is 65.2 Å². The highest BCUT2D eigenvalue weighted by atomic mass is 32.1. The molecule has 0 fully saturated rings. The molecule has 0 aliphatic heterocycles. The number of primary amides is 1. The van der Waals surface area contributed by atoms with Crippen LogP contribution in [0.4, 0.5) is 4.39 Å². The number of thiazole rings is 1. The van der Waals surface area contributed by atoms with E-state index in [9.17, 15) is 9.18 Å². The first-order valence-corrected chi connectivity index (χ1v) is 4.94. The van der Waals surface area contributed by atoms with Crippen LogP contribution in [0.25, 0.3) is 10.2 Å². The summed E-state index contributed by atoms with van der Waals surface area (Å²) in [5.41, 5.74) is 5.42. The number of nitrogens with two attached hydrogens (primary N) is 1. The number of hydrogen-bond donors (Lipinski definition) is 1. The molecular formula is C9H7FN2O2S. The number of fused-ring (bicyclic) bond motifs is 1. The highest BCUT2D eigenvalue weighted by molar-refractivity contribution is 7.20. The summed E-state index contributed by atoms with van der Waals surface area (Å²) in [5, 5.41) is 0.244. The number of hydrogen-bond acceptors (Lipinski definition) is 4. The molecule has 0 saturated heterocycles. The van der Waals surface area contributed by atoms with Crippen LogP contribution in [0.3, 0.4) is 0 Å². The maximum absolute atomic E-state index is 13.2. The first-order valence-electron chi connectivity index (χ1n) is 4.13. The molecule has 0 spiro atoms. The van der Waals surface area contributed by atoms with Crippen molar-refractivity contribution in [1.29, 1.82) is 0 Å². The minimum Gasteiger partial charge on any atom is -0.460 e. The van der Waals surface area contributed by atoms with Crippen molar-refractivity contribution < 1.29 is 13.9 Å². The maximum Gasteiger partial charge on any atom is 0.274 e. The Bertz CT molecular complexity index is 512. The van der Waals surface area contributed by atoms with E-state index in [1.807, 2.05) is 0 Å². The molecule has 1 amide bonds. The summed E-state index contributed by atoms with van der Waals surface area (Å²) < 4.78 is 18.6. The molecule has 1 aromatic heterocycles. The highest BCUT2D eigenvalue weighted by Gasteiger charge is 2.08. The summed E-state index contributed by atoms with van der Waals surface area (Å²) in [5.74, 6) is -0.936. The van der Waals surface area contributed by atoms with Crippen molar-refractivity contribution in [3.8, 4) is 5.19 Å². The van der Waals surface area contributed by atoms with Gasteiger partial charge in [0.25, 0.3) is 11.1 Å². The van der Waals surface area contributed by atoms with Gasteiger partial charge in [0.15, 0.2) is 6.61 Å². The largest absolute Gasteiger partial charge is 0.460 e. The highest BCUT2D eigenvalue weighted by Crippen LogP contribution is 2.29. The van der Waals surface area contributed by atoms with Crippen LogP contribution in [0.5, 0.6) is 5.19 Å². The quantitative estimate of drug-likeness (QED) is 0.857. The zero-order valence-electron chi connectivity index (χ0n) is 7.57. The minimum absolute atomic E-state index is 0.244. The van der Waals surface area contributed by atoms with Crippen LogP contribution in [0, 0.1) is 5.82 Å². The van der Waals surface area contributed by atoms with Crippen LogP contribution in [-0.4, -0.2) is 17.5 Å². The van der Waals surface area contributed by atoms with Gasteiger partial charge in [0, 0.05) is 0 Å². The Kier molecular flexibility index (Phi) is 2.51. The minimum atomic E-state index is -0.588. The second-order valence-electron chi connectivity index (χ2n) is 2.82. The number of aromatic nitrogens is 1. The average molecular weight is 226 g/mol. The molecule has 6 heteroatoms. The Morgan fingerprint density at radius 2 is 2.40 bits per heavy atom. The van der Waals surface area contributed by atoms with Gasteiger partial charge in [0.1, 0.15) is 5.82 Å². The molecule has 2 rings (SSSR count). The standard InChI is InChI=1S/C9H7FN2O2S/c10-5-2-1-3-6-8(5)15-9(12-6)14-4-7(11)13/h1-3H,4H2,(H2,11,13). The summed E-state index contributed by atoms with van der Waals surface area (Å²) in [6.07, 6.45) is 0. The van der Waals surface area contributed by atoms with E-state index < -0.39 is 5.91 Å². The molecule has 0 aliphatic rings. The summed E-state index contributed by atoms with van der Waals surface area (Å²) in [4.78, 5) is 14.4. The van der Waals surface area contributed by atoms with Crippen LogP contribution in [0.2, 0.25) is 0 Å². The maximum atomic E-state index is 13.2. The number of amides is 1. The molecule has 1 aromatic carbocycles. The SMILES string of the molecule is NC(=O)COc1nc2cccc(F)c2s1. The van der Waals surface area contributed by atoms with E-state index in [-0.39, 0.29) is 17.6 Å². The third-order valence-electron chi connectivity index (χ3n) is 1.69. The lowest BCUT2D eigenvalue weighted by atomic mass is 10.3. The molecule has 2 aromatic rings. The van der Waals surface area contributed by atoms with Crippen molar-refractivity contribution in [3.05, 3.63) is 24.0 Å². The van der Waals surface area contributed by atoms with Gasteiger partial charge in [-0.05, 0) is 12.1 Å². The van der Waals surface area contributed by atoms with Crippen LogP contribution >= 0.6 is 11.3 Å². The van der Waals surface area contributed by atoms with Crippen LogP contribution in [0.1, 0.15) is 0 Å². The molecule has 15 heavy (non-hydrogen) atoms. The van der Waals surface area contributed by atoms with E-state index in [0.717, 1.165) is 11.3 Å². The number of carbonyl (C=O) groups excluding carboxylic acids is 1. The number of halogens is 1. The van der Waals surface area contributed by atoms with Crippen molar-refractivity contribution in [2.45, 2.75) is 0 Å². The summed E-state index contributed by atoms with van der Waals surface area (Å²) in [7, 11) is 0. The van der Waals surface area contributed by atoms with Crippen molar-refractivity contribution in [3.63, 3.8) is 0 Å². The van der Waals surface area contributed by atoms with Crippen molar-refractivity contribution in [2.24, 2.45) is 5.73 Å². The number of ether oxygens (including phenoxy) is 1.